The van der Waals surface area contributed by atoms with Gasteiger partial charge >= 0.3 is 0 Å². The van der Waals surface area contributed by atoms with E-state index >= 15 is 0 Å². The Bertz CT molecular complexity index is 790. The van der Waals surface area contributed by atoms with Crippen LogP contribution in [0.5, 0.6) is 23.0 Å². The van der Waals surface area contributed by atoms with E-state index in [0.717, 1.165) is 22.6 Å². The van der Waals surface area contributed by atoms with E-state index in [-0.39, 0.29) is 11.8 Å². The van der Waals surface area contributed by atoms with Gasteiger partial charge in [-0.1, -0.05) is 6.07 Å². The summed E-state index contributed by atoms with van der Waals surface area (Å²) < 4.78 is 21.5. The predicted octanol–water partition coefficient (Wildman–Crippen LogP) is 2.58. The minimum absolute atomic E-state index is 0.0340. The molecule has 1 amide bonds. The van der Waals surface area contributed by atoms with Gasteiger partial charge in [-0.25, -0.2) is 0 Å². The molecule has 3 rings (SSSR count). The molecule has 2 aromatic carbocycles. The van der Waals surface area contributed by atoms with Gasteiger partial charge in [0.05, 0.1) is 27.2 Å². The SMILES string of the molecule is COc1ccc2c(c1)C[C@@H](C(=O)NCc1ccc(OC)c(OC)c1)CO2. The summed E-state index contributed by atoms with van der Waals surface area (Å²) in [5.41, 5.74) is 1.93. The number of carbonyl (C=O) groups excluding carboxylic acids is 1. The lowest BCUT2D eigenvalue weighted by molar-refractivity contribution is -0.126. The van der Waals surface area contributed by atoms with Crippen LogP contribution in [0.1, 0.15) is 11.1 Å². The van der Waals surface area contributed by atoms with Crippen molar-refractivity contribution >= 4 is 5.91 Å². The van der Waals surface area contributed by atoms with Crippen molar-refractivity contribution in [1.82, 2.24) is 5.32 Å². The van der Waals surface area contributed by atoms with Crippen molar-refractivity contribution in [2.75, 3.05) is 27.9 Å². The molecule has 6 nitrogen and oxygen atoms in total. The fourth-order valence-corrected chi connectivity index (χ4v) is 2.99. The lowest BCUT2D eigenvalue weighted by Gasteiger charge is -2.25. The summed E-state index contributed by atoms with van der Waals surface area (Å²) in [7, 11) is 4.80. The molecule has 1 aliphatic rings. The van der Waals surface area contributed by atoms with Gasteiger partial charge in [-0.2, -0.15) is 0 Å². The van der Waals surface area contributed by atoms with Gasteiger partial charge in [0.1, 0.15) is 18.1 Å². The quantitative estimate of drug-likeness (QED) is 0.861. The number of benzene rings is 2. The lowest BCUT2D eigenvalue weighted by atomic mass is 9.95. The summed E-state index contributed by atoms with van der Waals surface area (Å²) in [6.45, 7) is 0.789. The summed E-state index contributed by atoms with van der Waals surface area (Å²) in [5.74, 6) is 2.62. The van der Waals surface area contributed by atoms with E-state index in [0.29, 0.717) is 31.1 Å². The molecule has 0 unspecified atom stereocenters. The molecule has 1 atom stereocenters. The van der Waals surface area contributed by atoms with Crippen LogP contribution in [-0.2, 0) is 17.8 Å². The van der Waals surface area contributed by atoms with Gasteiger partial charge < -0.3 is 24.3 Å². The van der Waals surface area contributed by atoms with Crippen LogP contribution in [0.3, 0.4) is 0 Å². The van der Waals surface area contributed by atoms with E-state index < -0.39 is 0 Å². The van der Waals surface area contributed by atoms with Crippen LogP contribution in [0, 0.1) is 5.92 Å². The largest absolute Gasteiger partial charge is 0.497 e. The summed E-state index contributed by atoms with van der Waals surface area (Å²) in [6.07, 6.45) is 0.629. The van der Waals surface area contributed by atoms with Gasteiger partial charge in [0.2, 0.25) is 5.91 Å². The first kappa shape index (κ1) is 17.9. The number of fused-ring (bicyclic) bond motifs is 1. The first-order valence-corrected chi connectivity index (χ1v) is 8.43. The Labute approximate surface area is 153 Å². The van der Waals surface area contributed by atoms with Crippen molar-refractivity contribution < 1.29 is 23.7 Å². The molecular formula is C20H23NO5. The van der Waals surface area contributed by atoms with Crippen LogP contribution in [0.15, 0.2) is 36.4 Å². The predicted molar refractivity (Wildman–Crippen MR) is 97.1 cm³/mol. The van der Waals surface area contributed by atoms with Crippen LogP contribution >= 0.6 is 0 Å². The Kier molecular flexibility index (Phi) is 5.51. The molecule has 1 aliphatic heterocycles. The molecule has 0 saturated carbocycles. The minimum atomic E-state index is -0.227. The number of ether oxygens (including phenoxy) is 4. The average molecular weight is 357 g/mol. The van der Waals surface area contributed by atoms with Crippen LogP contribution < -0.4 is 24.3 Å². The third-order valence-electron chi connectivity index (χ3n) is 4.46. The van der Waals surface area contributed by atoms with Crippen molar-refractivity contribution in [2.24, 2.45) is 5.92 Å². The van der Waals surface area contributed by atoms with Crippen LogP contribution in [0.25, 0.3) is 0 Å². The van der Waals surface area contributed by atoms with E-state index in [1.54, 1.807) is 21.3 Å². The second-order valence-electron chi connectivity index (χ2n) is 6.09. The number of amides is 1. The molecule has 2 aromatic rings. The number of nitrogens with one attached hydrogen (secondary N) is 1. The highest BCUT2D eigenvalue weighted by Gasteiger charge is 2.26. The Morgan fingerprint density at radius 1 is 1.08 bits per heavy atom. The number of rotatable bonds is 6. The minimum Gasteiger partial charge on any atom is -0.497 e. The second-order valence-corrected chi connectivity index (χ2v) is 6.09. The van der Waals surface area contributed by atoms with E-state index in [9.17, 15) is 4.79 Å². The molecule has 26 heavy (non-hydrogen) atoms. The second kappa shape index (κ2) is 7.99. The lowest BCUT2D eigenvalue weighted by Crippen LogP contribution is -2.37. The summed E-state index contributed by atoms with van der Waals surface area (Å²) in [6, 6.07) is 11.2. The fourth-order valence-electron chi connectivity index (χ4n) is 2.99. The van der Waals surface area contributed by atoms with Gasteiger partial charge in [-0.05, 0) is 47.9 Å². The summed E-state index contributed by atoms with van der Waals surface area (Å²) in [4.78, 5) is 12.5. The summed E-state index contributed by atoms with van der Waals surface area (Å²) in [5, 5.41) is 2.97. The highest BCUT2D eigenvalue weighted by molar-refractivity contribution is 5.79. The maximum atomic E-state index is 12.5. The number of carbonyl (C=O) groups is 1. The molecule has 0 radical (unpaired) electrons. The van der Waals surface area contributed by atoms with Crippen molar-refractivity contribution in [2.45, 2.75) is 13.0 Å². The van der Waals surface area contributed by atoms with Gasteiger partial charge in [0.25, 0.3) is 0 Å². The molecular weight excluding hydrogens is 334 g/mol. The molecule has 1 heterocycles. The molecule has 1 N–H and O–H groups in total. The molecule has 6 heteroatoms. The van der Waals surface area contributed by atoms with E-state index in [1.165, 1.54) is 0 Å². The Morgan fingerprint density at radius 2 is 1.88 bits per heavy atom. The Morgan fingerprint density at radius 3 is 2.62 bits per heavy atom. The Balaban J connectivity index is 1.62. The summed E-state index contributed by atoms with van der Waals surface area (Å²) >= 11 is 0. The standard InChI is InChI=1S/C20H23NO5/c1-23-16-5-7-17-14(10-16)9-15(12-26-17)20(22)21-11-13-4-6-18(24-2)19(8-13)25-3/h4-8,10,15H,9,11-12H2,1-3H3,(H,21,22)/t15-/m1/s1. The van der Waals surface area contributed by atoms with Crippen LogP contribution in [0.2, 0.25) is 0 Å². The number of hydrogen-bond donors (Lipinski definition) is 1. The molecule has 0 aromatic heterocycles. The fraction of sp³-hybridized carbons (Fsp3) is 0.350. The molecule has 138 valence electrons. The number of methoxy groups -OCH3 is 3. The highest BCUT2D eigenvalue weighted by atomic mass is 16.5. The third-order valence-corrected chi connectivity index (χ3v) is 4.46. The zero-order valence-electron chi connectivity index (χ0n) is 15.2. The molecule has 0 fully saturated rings. The van der Waals surface area contributed by atoms with Crippen LogP contribution in [-0.4, -0.2) is 33.8 Å². The maximum Gasteiger partial charge on any atom is 0.227 e. The zero-order chi connectivity index (χ0) is 18.5. The molecule has 0 aliphatic carbocycles. The van der Waals surface area contributed by atoms with Gasteiger partial charge in [0, 0.05) is 6.54 Å². The monoisotopic (exact) mass is 357 g/mol. The smallest absolute Gasteiger partial charge is 0.227 e. The van der Waals surface area contributed by atoms with E-state index in [1.807, 2.05) is 36.4 Å². The van der Waals surface area contributed by atoms with Crippen molar-refractivity contribution in [3.63, 3.8) is 0 Å². The zero-order valence-corrected chi connectivity index (χ0v) is 15.2. The van der Waals surface area contributed by atoms with Gasteiger partial charge in [-0.15, -0.1) is 0 Å². The van der Waals surface area contributed by atoms with Gasteiger partial charge in [0.15, 0.2) is 11.5 Å². The normalized spacial score (nSPS) is 15.4. The van der Waals surface area contributed by atoms with Crippen molar-refractivity contribution in [1.29, 1.82) is 0 Å². The third kappa shape index (κ3) is 3.85. The van der Waals surface area contributed by atoms with Crippen molar-refractivity contribution in [3.05, 3.63) is 47.5 Å². The van der Waals surface area contributed by atoms with E-state index in [2.05, 4.69) is 5.32 Å². The highest BCUT2D eigenvalue weighted by Crippen LogP contribution is 2.31. The number of hydrogen-bond acceptors (Lipinski definition) is 5. The molecule has 0 spiro atoms. The van der Waals surface area contributed by atoms with Crippen LogP contribution in [0.4, 0.5) is 0 Å². The average Bonchev–Trinajstić information content (AvgIpc) is 2.70. The Hall–Kier alpha value is -2.89. The van der Waals surface area contributed by atoms with Crippen molar-refractivity contribution in [3.8, 4) is 23.0 Å². The van der Waals surface area contributed by atoms with E-state index in [4.69, 9.17) is 18.9 Å². The first-order chi connectivity index (χ1) is 12.6. The van der Waals surface area contributed by atoms with Gasteiger partial charge in [-0.3, -0.25) is 4.79 Å². The first-order valence-electron chi connectivity index (χ1n) is 8.43. The molecule has 0 bridgehead atoms. The topological polar surface area (TPSA) is 66.0 Å². The molecule has 0 saturated heterocycles. The maximum absolute atomic E-state index is 12.5.